The van der Waals surface area contributed by atoms with Crippen molar-refractivity contribution < 1.29 is 29.3 Å². The molecule has 0 atom stereocenters. The quantitative estimate of drug-likeness (QED) is 0.822. The van der Waals surface area contributed by atoms with Gasteiger partial charge in [0.1, 0.15) is 12.0 Å². The van der Waals surface area contributed by atoms with Crippen LogP contribution in [0.15, 0.2) is 48.5 Å². The van der Waals surface area contributed by atoms with Crippen molar-refractivity contribution in [1.82, 2.24) is 0 Å². The van der Waals surface area contributed by atoms with Crippen LogP contribution in [0.4, 0.5) is 0 Å². The SMILES string of the molecule is COc1ccccc1CC(=O)O.O=Cc1cccc(C(=O)O)c1. The van der Waals surface area contributed by atoms with Gasteiger partial charge in [-0.15, -0.1) is 0 Å². The van der Waals surface area contributed by atoms with E-state index in [9.17, 15) is 14.4 Å². The maximum Gasteiger partial charge on any atom is 0.335 e. The zero-order chi connectivity index (χ0) is 17.2. The molecule has 2 rings (SSSR count). The molecule has 0 spiro atoms. The van der Waals surface area contributed by atoms with Gasteiger partial charge in [-0.3, -0.25) is 9.59 Å². The number of benzene rings is 2. The molecule has 0 radical (unpaired) electrons. The first-order valence-corrected chi connectivity index (χ1v) is 6.60. The zero-order valence-corrected chi connectivity index (χ0v) is 12.4. The number of carboxylic acid groups (broad SMARTS) is 2. The second-order valence-electron chi connectivity index (χ2n) is 4.43. The zero-order valence-electron chi connectivity index (χ0n) is 12.4. The smallest absolute Gasteiger partial charge is 0.335 e. The Kier molecular flexibility index (Phi) is 7.00. The van der Waals surface area contributed by atoms with Crippen LogP contribution in [0.3, 0.4) is 0 Å². The van der Waals surface area contributed by atoms with E-state index >= 15 is 0 Å². The predicted molar refractivity (Wildman–Crippen MR) is 83.1 cm³/mol. The summed E-state index contributed by atoms with van der Waals surface area (Å²) in [5.41, 5.74) is 1.21. The summed E-state index contributed by atoms with van der Waals surface area (Å²) in [4.78, 5) is 30.9. The van der Waals surface area contributed by atoms with Crippen molar-refractivity contribution in [3.05, 3.63) is 65.2 Å². The third-order valence-electron chi connectivity index (χ3n) is 2.80. The molecule has 0 saturated heterocycles. The molecule has 0 heterocycles. The summed E-state index contributed by atoms with van der Waals surface area (Å²) in [6.07, 6.45) is 0.621. The topological polar surface area (TPSA) is 101 Å². The Bertz CT molecular complexity index is 693. The molecule has 0 aliphatic heterocycles. The third kappa shape index (κ3) is 6.01. The molecule has 0 fully saturated rings. The average Bonchev–Trinajstić information content (AvgIpc) is 2.55. The lowest BCUT2D eigenvalue weighted by molar-refractivity contribution is -0.136. The van der Waals surface area contributed by atoms with E-state index in [4.69, 9.17) is 14.9 Å². The van der Waals surface area contributed by atoms with Gasteiger partial charge in [0, 0.05) is 11.1 Å². The average molecular weight is 316 g/mol. The molecule has 0 unspecified atom stereocenters. The van der Waals surface area contributed by atoms with Gasteiger partial charge in [-0.05, 0) is 18.2 Å². The minimum atomic E-state index is -1.02. The van der Waals surface area contributed by atoms with Crippen LogP contribution in [0.25, 0.3) is 0 Å². The third-order valence-corrected chi connectivity index (χ3v) is 2.80. The van der Waals surface area contributed by atoms with E-state index < -0.39 is 11.9 Å². The Hall–Kier alpha value is -3.15. The molecular weight excluding hydrogens is 300 g/mol. The molecule has 2 N–H and O–H groups in total. The Morgan fingerprint density at radius 2 is 1.78 bits per heavy atom. The Morgan fingerprint density at radius 3 is 2.35 bits per heavy atom. The van der Waals surface area contributed by atoms with Gasteiger partial charge in [0.05, 0.1) is 19.1 Å². The minimum absolute atomic E-state index is 0.00398. The summed E-state index contributed by atoms with van der Waals surface area (Å²) in [6, 6.07) is 13.0. The first-order chi connectivity index (χ1) is 11.0. The molecule has 0 bridgehead atoms. The molecule has 0 aromatic heterocycles. The van der Waals surface area contributed by atoms with Crippen LogP contribution in [0.5, 0.6) is 5.75 Å². The lowest BCUT2D eigenvalue weighted by Crippen LogP contribution is -2.01. The molecule has 0 amide bonds. The molecule has 0 aliphatic carbocycles. The number of rotatable bonds is 5. The number of hydrogen-bond donors (Lipinski definition) is 2. The molecule has 2 aromatic carbocycles. The van der Waals surface area contributed by atoms with Crippen molar-refractivity contribution in [3.63, 3.8) is 0 Å². The van der Waals surface area contributed by atoms with Crippen LogP contribution >= 0.6 is 0 Å². The highest BCUT2D eigenvalue weighted by molar-refractivity contribution is 5.90. The number of aliphatic carboxylic acids is 1. The van der Waals surface area contributed by atoms with E-state index in [-0.39, 0.29) is 12.0 Å². The van der Waals surface area contributed by atoms with Gasteiger partial charge in [-0.1, -0.05) is 30.3 Å². The van der Waals surface area contributed by atoms with Crippen molar-refractivity contribution in [1.29, 1.82) is 0 Å². The summed E-state index contributed by atoms with van der Waals surface area (Å²) in [6.45, 7) is 0. The fourth-order valence-electron chi connectivity index (χ4n) is 1.76. The monoisotopic (exact) mass is 316 g/mol. The van der Waals surface area contributed by atoms with Gasteiger partial charge in [0.25, 0.3) is 0 Å². The molecule has 120 valence electrons. The van der Waals surface area contributed by atoms with Crippen LogP contribution in [0.1, 0.15) is 26.3 Å². The van der Waals surface area contributed by atoms with Crippen LogP contribution in [0.2, 0.25) is 0 Å². The van der Waals surface area contributed by atoms with Crippen molar-refractivity contribution in [2.45, 2.75) is 6.42 Å². The number of ether oxygens (including phenoxy) is 1. The van der Waals surface area contributed by atoms with E-state index in [0.29, 0.717) is 23.2 Å². The number of aromatic carboxylic acids is 1. The fraction of sp³-hybridized carbons (Fsp3) is 0.118. The van der Waals surface area contributed by atoms with E-state index in [0.717, 1.165) is 0 Å². The van der Waals surface area contributed by atoms with Crippen LogP contribution in [-0.2, 0) is 11.2 Å². The minimum Gasteiger partial charge on any atom is -0.496 e. The number of para-hydroxylation sites is 1. The van der Waals surface area contributed by atoms with Crippen LogP contribution in [0, 0.1) is 0 Å². The van der Waals surface area contributed by atoms with Gasteiger partial charge in [-0.2, -0.15) is 0 Å². The molecular formula is C17H16O6. The largest absolute Gasteiger partial charge is 0.496 e. The number of carbonyl (C=O) groups is 3. The lowest BCUT2D eigenvalue weighted by atomic mass is 10.1. The van der Waals surface area contributed by atoms with Crippen molar-refractivity contribution in [2.75, 3.05) is 7.11 Å². The van der Waals surface area contributed by atoms with E-state index in [2.05, 4.69) is 0 Å². The second kappa shape index (κ2) is 8.99. The van der Waals surface area contributed by atoms with Gasteiger partial charge in [0.2, 0.25) is 0 Å². The van der Waals surface area contributed by atoms with Gasteiger partial charge in [-0.25, -0.2) is 4.79 Å². The standard InChI is InChI=1S/C9H10O3.C8H6O3/c1-12-8-5-3-2-4-7(8)6-9(10)11;9-5-6-2-1-3-7(4-6)8(10)11/h2-5H,6H2,1H3,(H,10,11);1-5H,(H,10,11). The Balaban J connectivity index is 0.000000231. The lowest BCUT2D eigenvalue weighted by Gasteiger charge is -2.04. The highest BCUT2D eigenvalue weighted by Crippen LogP contribution is 2.17. The fourth-order valence-corrected chi connectivity index (χ4v) is 1.76. The summed E-state index contributed by atoms with van der Waals surface area (Å²) in [7, 11) is 1.53. The summed E-state index contributed by atoms with van der Waals surface area (Å²) in [5.74, 6) is -1.24. The van der Waals surface area contributed by atoms with Crippen LogP contribution in [-0.4, -0.2) is 35.5 Å². The predicted octanol–water partition coefficient (Wildman–Crippen LogP) is 2.52. The van der Waals surface area contributed by atoms with Crippen molar-refractivity contribution in [2.24, 2.45) is 0 Å². The first-order valence-electron chi connectivity index (χ1n) is 6.60. The Morgan fingerprint density at radius 1 is 1.09 bits per heavy atom. The number of carbonyl (C=O) groups excluding carboxylic acids is 1. The highest BCUT2D eigenvalue weighted by Gasteiger charge is 2.05. The molecule has 23 heavy (non-hydrogen) atoms. The summed E-state index contributed by atoms with van der Waals surface area (Å²) >= 11 is 0. The van der Waals surface area contributed by atoms with Crippen LogP contribution < -0.4 is 4.74 Å². The van der Waals surface area contributed by atoms with Gasteiger partial charge in [0.15, 0.2) is 0 Å². The molecule has 6 heteroatoms. The molecule has 0 aliphatic rings. The first kappa shape index (κ1) is 17.9. The van der Waals surface area contributed by atoms with Gasteiger partial charge < -0.3 is 14.9 Å². The van der Waals surface area contributed by atoms with E-state index in [1.165, 1.54) is 25.3 Å². The molecule has 2 aromatic rings. The number of aldehydes is 1. The molecule has 0 saturated carbocycles. The summed E-state index contributed by atoms with van der Waals surface area (Å²) < 4.78 is 4.98. The number of hydrogen-bond acceptors (Lipinski definition) is 4. The summed E-state index contributed by atoms with van der Waals surface area (Å²) in [5, 5.41) is 17.0. The second-order valence-corrected chi connectivity index (χ2v) is 4.43. The number of methoxy groups -OCH3 is 1. The van der Waals surface area contributed by atoms with E-state index in [1.54, 1.807) is 24.3 Å². The molecule has 6 nitrogen and oxygen atoms in total. The Labute approximate surface area is 133 Å². The normalized spacial score (nSPS) is 9.26. The van der Waals surface area contributed by atoms with Crippen molar-refractivity contribution in [3.8, 4) is 5.75 Å². The number of carboxylic acids is 2. The maximum absolute atomic E-state index is 10.4. The van der Waals surface area contributed by atoms with Crippen molar-refractivity contribution >= 4 is 18.2 Å². The maximum atomic E-state index is 10.4. The van der Waals surface area contributed by atoms with E-state index in [1.807, 2.05) is 6.07 Å². The highest BCUT2D eigenvalue weighted by atomic mass is 16.5. The van der Waals surface area contributed by atoms with Gasteiger partial charge >= 0.3 is 11.9 Å².